The monoisotopic (exact) mass is 361 g/mol. The quantitative estimate of drug-likeness (QED) is 0.848. The lowest BCUT2D eigenvalue weighted by Gasteiger charge is -2.17. The van der Waals surface area contributed by atoms with Gasteiger partial charge in [0, 0.05) is 5.69 Å². The number of allylic oxidation sites excluding steroid dienone is 1. The zero-order chi connectivity index (χ0) is 18.0. The van der Waals surface area contributed by atoms with E-state index in [1.807, 2.05) is 24.3 Å². The molecule has 0 bridgehead atoms. The molecule has 25 heavy (non-hydrogen) atoms. The van der Waals surface area contributed by atoms with Crippen molar-refractivity contribution in [3.05, 3.63) is 69.9 Å². The summed E-state index contributed by atoms with van der Waals surface area (Å²) >= 11 is 0. The summed E-state index contributed by atoms with van der Waals surface area (Å²) in [7, 11) is -2.68. The van der Waals surface area contributed by atoms with Crippen molar-refractivity contribution in [3.8, 4) is 0 Å². The van der Waals surface area contributed by atoms with Crippen molar-refractivity contribution in [2.45, 2.75) is 12.8 Å². The minimum absolute atomic E-state index is 0.0987. The zero-order valence-corrected chi connectivity index (χ0v) is 14.3. The van der Waals surface area contributed by atoms with Crippen LogP contribution < -0.4 is 4.72 Å². The maximum absolute atomic E-state index is 13.7. The number of benzene rings is 2. The number of carbonyl (C=O) groups is 1. The van der Waals surface area contributed by atoms with Gasteiger partial charge < -0.3 is 4.74 Å². The highest BCUT2D eigenvalue weighted by atomic mass is 32.2. The first kappa shape index (κ1) is 17.2. The lowest BCUT2D eigenvalue weighted by Crippen LogP contribution is -2.18. The summed E-state index contributed by atoms with van der Waals surface area (Å²) < 4.78 is 45.8. The van der Waals surface area contributed by atoms with Crippen molar-refractivity contribution in [2.24, 2.45) is 0 Å². The van der Waals surface area contributed by atoms with Gasteiger partial charge in [-0.2, -0.15) is 0 Å². The molecule has 0 aromatic heterocycles. The average molecular weight is 361 g/mol. The number of hydrogen-bond donors (Lipinski definition) is 1. The Kier molecular flexibility index (Phi) is 4.59. The zero-order valence-electron chi connectivity index (χ0n) is 13.5. The van der Waals surface area contributed by atoms with E-state index in [1.54, 1.807) is 6.08 Å². The predicted octanol–water partition coefficient (Wildman–Crippen LogP) is 3.34. The Morgan fingerprint density at radius 3 is 2.68 bits per heavy atom. The fourth-order valence-corrected chi connectivity index (χ4v) is 3.92. The van der Waals surface area contributed by atoms with E-state index in [9.17, 15) is 17.6 Å². The molecule has 130 valence electrons. The van der Waals surface area contributed by atoms with Crippen molar-refractivity contribution < 1.29 is 22.3 Å². The Bertz CT molecular complexity index is 967. The molecule has 7 heteroatoms. The van der Waals surface area contributed by atoms with Crippen LogP contribution in [0.3, 0.4) is 0 Å². The predicted molar refractivity (Wildman–Crippen MR) is 93.0 cm³/mol. The van der Waals surface area contributed by atoms with Crippen molar-refractivity contribution in [1.82, 2.24) is 0 Å². The molecule has 1 aliphatic rings. The molecule has 3 rings (SSSR count). The standard InChI is InChI=1S/C18H16FNO4S/c1-24-18(21)16-11-14(7-9-17(16)19)20-25(22,23)15-8-6-12-4-2-3-5-13(12)10-15/h2-5,7,9-11,20H,6,8H2,1H3. The number of carbonyl (C=O) groups excluding carboxylic acids is 1. The fraction of sp³-hybridized carbons (Fsp3) is 0.167. The summed E-state index contributed by atoms with van der Waals surface area (Å²) in [4.78, 5) is 11.8. The van der Waals surface area contributed by atoms with Gasteiger partial charge in [-0.15, -0.1) is 0 Å². The van der Waals surface area contributed by atoms with Gasteiger partial charge in [-0.25, -0.2) is 17.6 Å². The van der Waals surface area contributed by atoms with E-state index in [4.69, 9.17) is 0 Å². The van der Waals surface area contributed by atoms with Crippen LogP contribution in [0.25, 0.3) is 6.08 Å². The molecule has 0 radical (unpaired) electrons. The van der Waals surface area contributed by atoms with E-state index >= 15 is 0 Å². The van der Waals surface area contributed by atoms with Gasteiger partial charge in [0.1, 0.15) is 5.82 Å². The lowest BCUT2D eigenvalue weighted by atomic mass is 9.98. The Hall–Kier alpha value is -2.67. The van der Waals surface area contributed by atoms with E-state index in [2.05, 4.69) is 9.46 Å². The molecule has 2 aromatic rings. The number of sulfonamides is 1. The molecule has 0 amide bonds. The summed E-state index contributed by atoms with van der Waals surface area (Å²) in [6.45, 7) is 0. The molecule has 0 fully saturated rings. The molecule has 0 unspecified atom stereocenters. The van der Waals surface area contributed by atoms with Gasteiger partial charge in [0.15, 0.2) is 0 Å². The van der Waals surface area contributed by atoms with Crippen LogP contribution in [0.2, 0.25) is 0 Å². The molecular weight excluding hydrogens is 345 g/mol. The normalized spacial score (nSPS) is 13.6. The first-order valence-corrected chi connectivity index (χ1v) is 9.08. The molecule has 0 heterocycles. The summed E-state index contributed by atoms with van der Waals surface area (Å²) in [5, 5.41) is 0. The molecule has 5 nitrogen and oxygen atoms in total. The molecule has 0 atom stereocenters. The van der Waals surface area contributed by atoms with Crippen molar-refractivity contribution in [1.29, 1.82) is 0 Å². The van der Waals surface area contributed by atoms with Gasteiger partial charge in [-0.3, -0.25) is 4.72 Å². The number of nitrogens with one attached hydrogen (secondary N) is 1. The van der Waals surface area contributed by atoms with Gasteiger partial charge in [0.2, 0.25) is 0 Å². The van der Waals surface area contributed by atoms with Crippen LogP contribution in [-0.2, 0) is 21.2 Å². The average Bonchev–Trinajstić information content (AvgIpc) is 2.62. The van der Waals surface area contributed by atoms with Gasteiger partial charge in [0.05, 0.1) is 17.6 Å². The highest BCUT2D eigenvalue weighted by Crippen LogP contribution is 2.28. The van der Waals surface area contributed by atoms with Crippen LogP contribution in [0.5, 0.6) is 0 Å². The maximum Gasteiger partial charge on any atom is 0.340 e. The van der Waals surface area contributed by atoms with Gasteiger partial charge in [-0.05, 0) is 48.2 Å². The van der Waals surface area contributed by atoms with Gasteiger partial charge in [-0.1, -0.05) is 24.3 Å². The minimum Gasteiger partial charge on any atom is -0.465 e. The lowest BCUT2D eigenvalue weighted by molar-refractivity contribution is 0.0595. The first-order chi connectivity index (χ1) is 11.9. The Balaban J connectivity index is 1.90. The molecular formula is C18H16FNO4S. The van der Waals surface area contributed by atoms with Crippen LogP contribution in [0, 0.1) is 5.82 Å². The Labute approximate surface area is 145 Å². The Morgan fingerprint density at radius 1 is 1.16 bits per heavy atom. The molecule has 0 saturated carbocycles. The Morgan fingerprint density at radius 2 is 1.92 bits per heavy atom. The summed E-state index contributed by atoms with van der Waals surface area (Å²) in [5.41, 5.74) is 1.73. The van der Waals surface area contributed by atoms with Crippen molar-refractivity contribution in [3.63, 3.8) is 0 Å². The number of fused-ring (bicyclic) bond motifs is 1. The maximum atomic E-state index is 13.7. The van der Waals surface area contributed by atoms with Crippen LogP contribution in [-0.4, -0.2) is 21.5 Å². The van der Waals surface area contributed by atoms with E-state index < -0.39 is 21.8 Å². The van der Waals surface area contributed by atoms with E-state index in [-0.39, 0.29) is 16.2 Å². The minimum atomic E-state index is -3.80. The SMILES string of the molecule is COC(=O)c1cc(NS(=O)(=O)C2=Cc3ccccc3CC2)ccc1F. The van der Waals surface area contributed by atoms with Gasteiger partial charge in [0.25, 0.3) is 10.0 Å². The first-order valence-electron chi connectivity index (χ1n) is 7.60. The summed E-state index contributed by atoms with van der Waals surface area (Å²) in [6.07, 6.45) is 2.63. The number of ether oxygens (including phenoxy) is 1. The van der Waals surface area contributed by atoms with Crippen molar-refractivity contribution >= 4 is 27.8 Å². The van der Waals surface area contributed by atoms with Gasteiger partial charge >= 0.3 is 5.97 Å². The molecule has 0 saturated heterocycles. The summed E-state index contributed by atoms with van der Waals surface area (Å²) in [5.74, 6) is -1.65. The number of aryl methyl sites for hydroxylation is 1. The number of hydrogen-bond acceptors (Lipinski definition) is 4. The van der Waals surface area contributed by atoms with Crippen LogP contribution in [0.4, 0.5) is 10.1 Å². The fourth-order valence-electron chi connectivity index (χ4n) is 2.69. The number of esters is 1. The highest BCUT2D eigenvalue weighted by Gasteiger charge is 2.22. The second kappa shape index (κ2) is 6.68. The summed E-state index contributed by atoms with van der Waals surface area (Å²) in [6, 6.07) is 11.0. The van der Waals surface area contributed by atoms with Crippen LogP contribution >= 0.6 is 0 Å². The third-order valence-corrected chi connectivity index (χ3v) is 5.50. The number of rotatable bonds is 4. The topological polar surface area (TPSA) is 72.5 Å². The molecule has 2 aromatic carbocycles. The van der Waals surface area contributed by atoms with E-state index in [1.165, 1.54) is 6.07 Å². The van der Waals surface area contributed by atoms with E-state index in [0.29, 0.717) is 12.8 Å². The van der Waals surface area contributed by atoms with E-state index in [0.717, 1.165) is 30.4 Å². The molecule has 0 spiro atoms. The van der Waals surface area contributed by atoms with Crippen LogP contribution in [0.15, 0.2) is 47.4 Å². The van der Waals surface area contributed by atoms with Crippen molar-refractivity contribution in [2.75, 3.05) is 11.8 Å². The smallest absolute Gasteiger partial charge is 0.340 e. The highest BCUT2D eigenvalue weighted by molar-refractivity contribution is 7.96. The second-order valence-electron chi connectivity index (χ2n) is 5.60. The third-order valence-electron chi connectivity index (χ3n) is 3.98. The largest absolute Gasteiger partial charge is 0.465 e. The second-order valence-corrected chi connectivity index (χ2v) is 7.34. The molecule has 0 aliphatic heterocycles. The number of halogens is 1. The number of anilines is 1. The third kappa shape index (κ3) is 3.56. The number of methoxy groups -OCH3 is 1. The van der Waals surface area contributed by atoms with Crippen LogP contribution in [0.1, 0.15) is 27.9 Å². The molecule has 1 N–H and O–H groups in total. The molecule has 1 aliphatic carbocycles.